The summed E-state index contributed by atoms with van der Waals surface area (Å²) < 4.78 is 13.7. The molecule has 1 saturated heterocycles. The summed E-state index contributed by atoms with van der Waals surface area (Å²) >= 11 is 0. The lowest BCUT2D eigenvalue weighted by Crippen LogP contribution is -2.49. The van der Waals surface area contributed by atoms with Gasteiger partial charge in [0, 0.05) is 17.4 Å². The Morgan fingerprint density at radius 2 is 2.18 bits per heavy atom. The second kappa shape index (κ2) is 5.44. The van der Waals surface area contributed by atoms with Gasteiger partial charge in [-0.05, 0) is 37.0 Å². The highest BCUT2D eigenvalue weighted by Gasteiger charge is 2.35. The Bertz CT molecular complexity index is 740. The van der Waals surface area contributed by atoms with E-state index in [-0.39, 0.29) is 11.6 Å². The first-order valence-electron chi connectivity index (χ1n) is 7.28. The molecular formula is C16H17FN2O3. The number of aromatic nitrogens is 1. The number of likely N-dealkylation sites (tertiary alicyclic amines) is 1. The summed E-state index contributed by atoms with van der Waals surface area (Å²) in [6.45, 7) is 2.38. The number of piperidine rings is 1. The van der Waals surface area contributed by atoms with Gasteiger partial charge in [-0.25, -0.2) is 9.18 Å². The topological polar surface area (TPSA) is 73.4 Å². The fourth-order valence-corrected chi connectivity index (χ4v) is 3.01. The summed E-state index contributed by atoms with van der Waals surface area (Å²) in [7, 11) is 0. The van der Waals surface area contributed by atoms with Crippen molar-refractivity contribution < 1.29 is 19.1 Å². The second-order valence-electron chi connectivity index (χ2n) is 5.87. The van der Waals surface area contributed by atoms with Gasteiger partial charge in [0.15, 0.2) is 0 Å². The lowest BCUT2D eigenvalue weighted by Gasteiger charge is -2.35. The summed E-state index contributed by atoms with van der Waals surface area (Å²) in [5.41, 5.74) is 0.751. The molecular weight excluding hydrogens is 287 g/mol. The molecule has 1 fully saturated rings. The molecule has 2 heterocycles. The molecule has 0 bridgehead atoms. The number of aromatic amines is 1. The van der Waals surface area contributed by atoms with Crippen LogP contribution in [0.25, 0.3) is 10.9 Å². The van der Waals surface area contributed by atoms with E-state index in [0.717, 1.165) is 6.42 Å². The average Bonchev–Trinajstić information content (AvgIpc) is 2.92. The van der Waals surface area contributed by atoms with Crippen LogP contribution in [0.5, 0.6) is 0 Å². The zero-order valence-electron chi connectivity index (χ0n) is 12.2. The SMILES string of the molecule is CC1CCN(C(=O)c2cc3c(F)cccc3[nH]2)C(C(=O)O)C1. The number of nitrogens with zero attached hydrogens (tertiary/aromatic N) is 1. The Labute approximate surface area is 126 Å². The molecule has 6 heteroatoms. The Morgan fingerprint density at radius 1 is 1.41 bits per heavy atom. The standard InChI is InChI=1S/C16H17FN2O3/c1-9-5-6-19(14(7-9)16(21)22)15(20)13-8-10-11(17)3-2-4-12(10)18-13/h2-4,8-9,14,18H,5-7H2,1H3,(H,21,22). The number of carboxylic acid groups (broad SMARTS) is 1. The summed E-state index contributed by atoms with van der Waals surface area (Å²) in [5, 5.41) is 9.68. The van der Waals surface area contributed by atoms with Crippen molar-refractivity contribution in [2.24, 2.45) is 5.92 Å². The first kappa shape index (κ1) is 14.6. The minimum absolute atomic E-state index is 0.223. The maximum Gasteiger partial charge on any atom is 0.326 e. The first-order valence-corrected chi connectivity index (χ1v) is 7.28. The van der Waals surface area contributed by atoms with Crippen LogP contribution in [0.15, 0.2) is 24.3 Å². The number of fused-ring (bicyclic) bond motifs is 1. The molecule has 0 spiro atoms. The Hall–Kier alpha value is -2.37. The fraction of sp³-hybridized carbons (Fsp3) is 0.375. The average molecular weight is 304 g/mol. The van der Waals surface area contributed by atoms with E-state index < -0.39 is 23.7 Å². The molecule has 2 N–H and O–H groups in total. The van der Waals surface area contributed by atoms with Crippen molar-refractivity contribution in [1.29, 1.82) is 0 Å². The van der Waals surface area contributed by atoms with Gasteiger partial charge in [0.05, 0.1) is 0 Å². The predicted molar refractivity (Wildman–Crippen MR) is 79.1 cm³/mol. The minimum atomic E-state index is -0.998. The van der Waals surface area contributed by atoms with E-state index in [1.54, 1.807) is 12.1 Å². The van der Waals surface area contributed by atoms with E-state index in [0.29, 0.717) is 23.9 Å². The summed E-state index contributed by atoms with van der Waals surface area (Å²) in [5.74, 6) is -1.53. The normalized spacial score (nSPS) is 22.0. The molecule has 2 atom stereocenters. The Morgan fingerprint density at radius 3 is 2.86 bits per heavy atom. The van der Waals surface area contributed by atoms with Crippen LogP contribution >= 0.6 is 0 Å². The number of aliphatic carboxylic acids is 1. The predicted octanol–water partition coefficient (Wildman–Crippen LogP) is 2.63. The quantitative estimate of drug-likeness (QED) is 0.895. The van der Waals surface area contributed by atoms with Crippen LogP contribution < -0.4 is 0 Å². The lowest BCUT2D eigenvalue weighted by atomic mass is 9.92. The number of halogens is 1. The van der Waals surface area contributed by atoms with Crippen LogP contribution in [0.4, 0.5) is 4.39 Å². The number of hydrogen-bond acceptors (Lipinski definition) is 2. The molecule has 2 unspecified atom stereocenters. The Kier molecular flexibility index (Phi) is 3.60. The Balaban J connectivity index is 1.94. The van der Waals surface area contributed by atoms with Crippen molar-refractivity contribution in [2.45, 2.75) is 25.8 Å². The van der Waals surface area contributed by atoms with E-state index in [4.69, 9.17) is 0 Å². The highest BCUT2D eigenvalue weighted by Crippen LogP contribution is 2.26. The molecule has 5 nitrogen and oxygen atoms in total. The van der Waals surface area contributed by atoms with E-state index >= 15 is 0 Å². The highest BCUT2D eigenvalue weighted by molar-refractivity contribution is 5.99. The van der Waals surface area contributed by atoms with Crippen molar-refractivity contribution in [1.82, 2.24) is 9.88 Å². The van der Waals surface area contributed by atoms with Crippen LogP contribution in [0.1, 0.15) is 30.3 Å². The maximum absolute atomic E-state index is 13.7. The summed E-state index contributed by atoms with van der Waals surface area (Å²) in [4.78, 5) is 28.3. The number of carbonyl (C=O) groups excluding carboxylic acids is 1. The van der Waals surface area contributed by atoms with E-state index in [1.807, 2.05) is 6.92 Å². The zero-order valence-corrected chi connectivity index (χ0v) is 12.2. The number of rotatable bonds is 2. The molecule has 1 aliphatic heterocycles. The van der Waals surface area contributed by atoms with Crippen LogP contribution in [-0.2, 0) is 4.79 Å². The first-order chi connectivity index (χ1) is 10.5. The highest BCUT2D eigenvalue weighted by atomic mass is 19.1. The zero-order chi connectivity index (χ0) is 15.9. The van der Waals surface area contributed by atoms with Gasteiger partial charge >= 0.3 is 5.97 Å². The number of H-pyrrole nitrogens is 1. The largest absolute Gasteiger partial charge is 0.480 e. The van der Waals surface area contributed by atoms with Gasteiger partial charge in [0.2, 0.25) is 0 Å². The number of nitrogens with one attached hydrogen (secondary N) is 1. The van der Waals surface area contributed by atoms with Crippen molar-refractivity contribution in [3.05, 3.63) is 35.8 Å². The third-order valence-electron chi connectivity index (χ3n) is 4.25. The van der Waals surface area contributed by atoms with Gasteiger partial charge in [-0.1, -0.05) is 13.0 Å². The molecule has 2 aromatic rings. The number of carbonyl (C=O) groups is 2. The van der Waals surface area contributed by atoms with Crippen molar-refractivity contribution >= 4 is 22.8 Å². The third-order valence-corrected chi connectivity index (χ3v) is 4.25. The lowest BCUT2D eigenvalue weighted by molar-refractivity contribution is -0.144. The molecule has 0 aliphatic carbocycles. The molecule has 1 aromatic heterocycles. The molecule has 1 aromatic carbocycles. The van der Waals surface area contributed by atoms with Crippen LogP contribution in [-0.4, -0.2) is 39.5 Å². The van der Waals surface area contributed by atoms with E-state index in [9.17, 15) is 19.1 Å². The molecule has 1 amide bonds. The monoisotopic (exact) mass is 304 g/mol. The van der Waals surface area contributed by atoms with Gasteiger partial charge in [0.25, 0.3) is 5.91 Å². The molecule has 0 radical (unpaired) electrons. The van der Waals surface area contributed by atoms with E-state index in [2.05, 4.69) is 4.98 Å². The number of benzene rings is 1. The van der Waals surface area contributed by atoms with E-state index in [1.165, 1.54) is 17.0 Å². The maximum atomic E-state index is 13.7. The van der Waals surface area contributed by atoms with Gasteiger partial charge < -0.3 is 15.0 Å². The van der Waals surface area contributed by atoms with Gasteiger partial charge in [-0.15, -0.1) is 0 Å². The van der Waals surface area contributed by atoms with Crippen molar-refractivity contribution in [2.75, 3.05) is 6.54 Å². The minimum Gasteiger partial charge on any atom is -0.480 e. The smallest absolute Gasteiger partial charge is 0.326 e. The van der Waals surface area contributed by atoms with Gasteiger partial charge in [0.1, 0.15) is 17.6 Å². The molecule has 0 saturated carbocycles. The van der Waals surface area contributed by atoms with Crippen LogP contribution in [0.3, 0.4) is 0 Å². The third kappa shape index (κ3) is 2.45. The van der Waals surface area contributed by atoms with Crippen LogP contribution in [0.2, 0.25) is 0 Å². The number of carboxylic acids is 1. The van der Waals surface area contributed by atoms with Crippen molar-refractivity contribution in [3.8, 4) is 0 Å². The number of hydrogen-bond donors (Lipinski definition) is 2. The fourth-order valence-electron chi connectivity index (χ4n) is 3.01. The van der Waals surface area contributed by atoms with Crippen LogP contribution in [0, 0.1) is 11.7 Å². The molecule has 116 valence electrons. The molecule has 22 heavy (non-hydrogen) atoms. The summed E-state index contributed by atoms with van der Waals surface area (Å²) in [6, 6.07) is 5.19. The van der Waals surface area contributed by atoms with Gasteiger partial charge in [-0.3, -0.25) is 4.79 Å². The summed E-state index contributed by atoms with van der Waals surface area (Å²) in [6.07, 6.45) is 1.21. The van der Waals surface area contributed by atoms with Crippen molar-refractivity contribution in [3.63, 3.8) is 0 Å². The second-order valence-corrected chi connectivity index (χ2v) is 5.87. The number of amides is 1. The molecule has 1 aliphatic rings. The molecule has 3 rings (SSSR count). The van der Waals surface area contributed by atoms with Gasteiger partial charge in [-0.2, -0.15) is 0 Å².